The molecule has 0 unspecified atom stereocenters. The SMILES string of the molecule is N[C@@H](Cc1c[nH]c2c([N+](=O)[O-])ccc(O)c12)C(=O)O.N[C@@H](Cc1c[nH]c2cccc(O)c12)C(=O)O.Oc1cccc2[nH]ccc12. The van der Waals surface area contributed by atoms with Crippen molar-refractivity contribution in [3.05, 3.63) is 94.4 Å². The largest absolute Gasteiger partial charge is 0.507 e. The molecule has 0 bridgehead atoms. The Morgan fingerprint density at radius 3 is 1.89 bits per heavy atom. The highest BCUT2D eigenvalue weighted by atomic mass is 16.6. The van der Waals surface area contributed by atoms with Crippen molar-refractivity contribution < 1.29 is 40.0 Å². The number of hydrogen-bond donors (Lipinski definition) is 10. The molecule has 3 aromatic carbocycles. The molecule has 15 heteroatoms. The van der Waals surface area contributed by atoms with Crippen LogP contribution in [0.15, 0.2) is 73.2 Å². The van der Waals surface area contributed by atoms with Crippen LogP contribution >= 0.6 is 0 Å². The topological polar surface area (TPSA) is 278 Å². The summed E-state index contributed by atoms with van der Waals surface area (Å²) < 4.78 is 0. The van der Waals surface area contributed by atoms with Gasteiger partial charge in [0.15, 0.2) is 0 Å². The van der Waals surface area contributed by atoms with Crippen LogP contribution in [0, 0.1) is 10.1 Å². The lowest BCUT2D eigenvalue weighted by molar-refractivity contribution is -0.383. The molecule has 0 amide bonds. The molecule has 6 aromatic rings. The molecule has 15 nitrogen and oxygen atoms in total. The zero-order chi connectivity index (χ0) is 32.8. The number of nitrogens with two attached hydrogens (primary N) is 2. The highest BCUT2D eigenvalue weighted by Crippen LogP contribution is 2.34. The van der Waals surface area contributed by atoms with Crippen molar-refractivity contribution in [1.82, 2.24) is 15.0 Å². The monoisotopic (exact) mass is 618 g/mol. The first-order valence-electron chi connectivity index (χ1n) is 13.3. The van der Waals surface area contributed by atoms with Crippen LogP contribution < -0.4 is 11.5 Å². The van der Waals surface area contributed by atoms with Crippen LogP contribution in [0.1, 0.15) is 11.1 Å². The number of nitrogens with zero attached hydrogens (tertiary/aromatic N) is 1. The van der Waals surface area contributed by atoms with Gasteiger partial charge in [0.05, 0.1) is 10.3 Å². The van der Waals surface area contributed by atoms with E-state index < -0.39 is 28.9 Å². The fourth-order valence-electron chi connectivity index (χ4n) is 4.71. The normalized spacial score (nSPS) is 12.1. The fourth-order valence-corrected chi connectivity index (χ4v) is 4.71. The molecule has 3 aromatic heterocycles. The van der Waals surface area contributed by atoms with Gasteiger partial charge in [-0.05, 0) is 47.5 Å². The number of nitro benzene ring substituents is 1. The van der Waals surface area contributed by atoms with Gasteiger partial charge in [0.2, 0.25) is 0 Å². The molecule has 0 aliphatic heterocycles. The third kappa shape index (κ3) is 7.12. The molecule has 0 spiro atoms. The van der Waals surface area contributed by atoms with Gasteiger partial charge >= 0.3 is 11.9 Å². The second kappa shape index (κ2) is 13.5. The Bertz CT molecular complexity index is 1990. The summed E-state index contributed by atoms with van der Waals surface area (Å²) in [5.74, 6) is -1.93. The van der Waals surface area contributed by atoms with Crippen LogP contribution in [0.5, 0.6) is 17.2 Å². The Balaban J connectivity index is 0.000000160. The molecular weight excluding hydrogens is 588 g/mol. The molecule has 234 valence electrons. The number of phenols is 3. The number of carbonyl (C=O) groups is 2. The van der Waals surface area contributed by atoms with Gasteiger partial charge in [0, 0.05) is 59.3 Å². The number of H-pyrrole nitrogens is 3. The predicted molar refractivity (Wildman–Crippen MR) is 165 cm³/mol. The van der Waals surface area contributed by atoms with Crippen LogP contribution in [-0.2, 0) is 22.4 Å². The van der Waals surface area contributed by atoms with Crippen molar-refractivity contribution in [2.45, 2.75) is 24.9 Å². The van der Waals surface area contributed by atoms with E-state index in [-0.39, 0.29) is 40.9 Å². The van der Waals surface area contributed by atoms with Gasteiger partial charge in [-0.25, -0.2) is 0 Å². The third-order valence-electron chi connectivity index (χ3n) is 6.92. The summed E-state index contributed by atoms with van der Waals surface area (Å²) in [5.41, 5.74) is 13.7. The number of nitro groups is 1. The first-order chi connectivity index (χ1) is 21.4. The number of aromatic amines is 3. The van der Waals surface area contributed by atoms with Crippen molar-refractivity contribution >= 4 is 50.3 Å². The lowest BCUT2D eigenvalue weighted by atomic mass is 10.0. The van der Waals surface area contributed by atoms with Gasteiger partial charge in [0.25, 0.3) is 5.69 Å². The smallest absolute Gasteiger partial charge is 0.320 e. The average molecular weight is 619 g/mol. The van der Waals surface area contributed by atoms with E-state index in [9.17, 15) is 35.0 Å². The van der Waals surface area contributed by atoms with E-state index in [1.165, 1.54) is 18.3 Å². The highest BCUT2D eigenvalue weighted by molar-refractivity contribution is 5.96. The molecule has 3 heterocycles. The first-order valence-corrected chi connectivity index (χ1v) is 13.3. The van der Waals surface area contributed by atoms with Crippen LogP contribution in [-0.4, -0.2) is 69.4 Å². The molecule has 12 N–H and O–H groups in total. The lowest BCUT2D eigenvalue weighted by Crippen LogP contribution is -2.32. The maximum Gasteiger partial charge on any atom is 0.320 e. The van der Waals surface area contributed by atoms with Gasteiger partial charge in [0.1, 0.15) is 34.8 Å². The van der Waals surface area contributed by atoms with Crippen molar-refractivity contribution in [3.63, 3.8) is 0 Å². The predicted octanol–water partition coefficient (Wildman–Crippen LogP) is 3.44. The maximum absolute atomic E-state index is 10.9. The number of carboxylic acids is 2. The van der Waals surface area contributed by atoms with E-state index in [1.54, 1.807) is 24.4 Å². The molecule has 6 rings (SSSR count). The second-order valence-corrected chi connectivity index (χ2v) is 9.95. The molecule has 2 atom stereocenters. The Morgan fingerprint density at radius 1 is 0.733 bits per heavy atom. The van der Waals surface area contributed by atoms with Gasteiger partial charge < -0.3 is 52.0 Å². The summed E-state index contributed by atoms with van der Waals surface area (Å²) in [6.07, 6.45) is 5.05. The van der Waals surface area contributed by atoms with E-state index in [0.29, 0.717) is 22.3 Å². The highest BCUT2D eigenvalue weighted by Gasteiger charge is 2.21. The van der Waals surface area contributed by atoms with Crippen molar-refractivity contribution in [2.75, 3.05) is 0 Å². The zero-order valence-electron chi connectivity index (χ0n) is 23.5. The van der Waals surface area contributed by atoms with Crippen molar-refractivity contribution in [1.29, 1.82) is 0 Å². The molecular formula is C30H30N6O9. The summed E-state index contributed by atoms with van der Waals surface area (Å²) in [6, 6.07) is 12.6. The molecule has 0 aliphatic rings. The van der Waals surface area contributed by atoms with Crippen molar-refractivity contribution in [2.24, 2.45) is 11.5 Å². The third-order valence-corrected chi connectivity index (χ3v) is 6.92. The van der Waals surface area contributed by atoms with E-state index >= 15 is 0 Å². The number of rotatable bonds is 7. The zero-order valence-corrected chi connectivity index (χ0v) is 23.5. The van der Waals surface area contributed by atoms with Crippen LogP contribution in [0.2, 0.25) is 0 Å². The molecule has 0 saturated carbocycles. The Kier molecular flexibility index (Phi) is 9.56. The molecule has 0 saturated heterocycles. The lowest BCUT2D eigenvalue weighted by Gasteiger charge is -2.05. The number of hydrogen-bond acceptors (Lipinski definition) is 9. The number of non-ortho nitro benzene ring substituents is 1. The van der Waals surface area contributed by atoms with E-state index in [2.05, 4.69) is 15.0 Å². The summed E-state index contributed by atoms with van der Waals surface area (Å²) >= 11 is 0. The second-order valence-electron chi connectivity index (χ2n) is 9.95. The van der Waals surface area contributed by atoms with E-state index in [1.807, 2.05) is 30.5 Å². The van der Waals surface area contributed by atoms with Crippen LogP contribution in [0.3, 0.4) is 0 Å². The minimum absolute atomic E-state index is 0.0376. The first kappa shape index (κ1) is 31.9. The molecule has 45 heavy (non-hydrogen) atoms. The number of aromatic hydroxyl groups is 3. The van der Waals surface area contributed by atoms with E-state index in [4.69, 9.17) is 21.7 Å². The number of aromatic nitrogens is 3. The summed E-state index contributed by atoms with van der Waals surface area (Å²) in [5, 5.41) is 58.8. The van der Waals surface area contributed by atoms with Gasteiger partial charge in [-0.1, -0.05) is 12.1 Å². The number of phenolic OH excluding ortho intramolecular Hbond substituents is 3. The van der Waals surface area contributed by atoms with Crippen LogP contribution in [0.4, 0.5) is 5.69 Å². The number of fused-ring (bicyclic) bond motifs is 3. The van der Waals surface area contributed by atoms with Gasteiger partial charge in [-0.2, -0.15) is 0 Å². The number of benzene rings is 3. The summed E-state index contributed by atoms with van der Waals surface area (Å²) in [4.78, 5) is 40.3. The number of carboxylic acid groups (broad SMARTS) is 2. The summed E-state index contributed by atoms with van der Waals surface area (Å²) in [7, 11) is 0. The van der Waals surface area contributed by atoms with Gasteiger partial charge in [-0.15, -0.1) is 0 Å². The Hall–Kier alpha value is -6.06. The number of aliphatic carboxylic acids is 2. The number of nitrogens with one attached hydrogen (secondary N) is 3. The molecule has 0 radical (unpaired) electrons. The quantitative estimate of drug-likeness (QED) is 0.0913. The van der Waals surface area contributed by atoms with Crippen LogP contribution in [0.25, 0.3) is 32.7 Å². The standard InChI is InChI=1S/C11H11N3O5.C11H12N2O3.C8H7NO/c12-6(11(16)17)3-5-4-13-10-7(14(18)19)1-2-8(15)9(5)10;12-7(11(15)16)4-6-5-13-8-2-1-3-9(14)10(6)8;10-8-3-1-2-7-6(8)4-5-9-7/h1-2,4,6,13,15H,3,12H2,(H,16,17);1-3,5,7,13-14H,4,12H2,(H,15,16);1-5,9-10H/t6-;7-;/m00./s1. The van der Waals surface area contributed by atoms with E-state index in [0.717, 1.165) is 16.4 Å². The maximum atomic E-state index is 10.9. The van der Waals surface area contributed by atoms with Gasteiger partial charge in [-0.3, -0.25) is 19.7 Å². The molecule has 0 fully saturated rings. The Morgan fingerprint density at radius 2 is 1.29 bits per heavy atom. The molecule has 0 aliphatic carbocycles. The minimum Gasteiger partial charge on any atom is -0.507 e. The van der Waals surface area contributed by atoms with Crippen molar-refractivity contribution in [3.8, 4) is 17.2 Å². The average Bonchev–Trinajstić information content (AvgIpc) is 3.74. The fraction of sp³-hybridized carbons (Fsp3) is 0.133. The summed E-state index contributed by atoms with van der Waals surface area (Å²) in [6.45, 7) is 0. The minimum atomic E-state index is -1.18. The Labute approximate surface area is 253 Å².